The largest absolute Gasteiger partial charge is 0.298 e. The molecule has 2 aromatic carbocycles. The van der Waals surface area contributed by atoms with Crippen molar-refractivity contribution in [3.63, 3.8) is 0 Å². The van der Waals surface area contributed by atoms with Crippen molar-refractivity contribution in [3.8, 4) is 16.9 Å². The molecule has 0 saturated carbocycles. The third-order valence-electron chi connectivity index (χ3n) is 3.12. The fourth-order valence-corrected chi connectivity index (χ4v) is 2.43. The molecule has 3 nitrogen and oxygen atoms in total. The average Bonchev–Trinajstić information content (AvgIpc) is 2.84. The molecule has 0 bridgehead atoms. The summed E-state index contributed by atoms with van der Waals surface area (Å²) in [6.45, 7) is 0. The Labute approximate surface area is 129 Å². The molecule has 0 fully saturated rings. The zero-order valence-electron chi connectivity index (χ0n) is 11.1. The molecule has 0 amide bonds. The Balaban J connectivity index is 2.22. The molecule has 0 radical (unpaired) electrons. The van der Waals surface area contributed by atoms with Gasteiger partial charge in [0.2, 0.25) is 0 Å². The lowest BCUT2D eigenvalue weighted by molar-refractivity contribution is 0.112. The van der Waals surface area contributed by atoms with E-state index in [9.17, 15) is 13.6 Å². The Morgan fingerprint density at radius 3 is 2.27 bits per heavy atom. The van der Waals surface area contributed by atoms with E-state index in [1.165, 1.54) is 4.68 Å². The van der Waals surface area contributed by atoms with Gasteiger partial charge in [0.15, 0.2) is 6.29 Å². The van der Waals surface area contributed by atoms with Crippen molar-refractivity contribution < 1.29 is 13.6 Å². The zero-order valence-corrected chi connectivity index (χ0v) is 11.9. The minimum absolute atomic E-state index is 0.0792. The van der Waals surface area contributed by atoms with Crippen LogP contribution in [0, 0.1) is 11.6 Å². The number of carbonyl (C=O) groups excluding carboxylic acids is 1. The van der Waals surface area contributed by atoms with Crippen LogP contribution < -0.4 is 0 Å². The summed E-state index contributed by atoms with van der Waals surface area (Å²) in [5, 5.41) is 4.31. The molecule has 6 heteroatoms. The number of para-hydroxylation sites is 1. The number of hydrogen-bond donors (Lipinski definition) is 0. The number of benzene rings is 2. The number of halogens is 3. The van der Waals surface area contributed by atoms with E-state index in [2.05, 4.69) is 5.10 Å². The molecule has 0 aliphatic carbocycles. The van der Waals surface area contributed by atoms with Crippen molar-refractivity contribution >= 4 is 17.9 Å². The molecule has 22 heavy (non-hydrogen) atoms. The van der Waals surface area contributed by atoms with Crippen molar-refractivity contribution in [1.29, 1.82) is 0 Å². The van der Waals surface area contributed by atoms with Gasteiger partial charge in [-0.2, -0.15) is 5.10 Å². The highest BCUT2D eigenvalue weighted by molar-refractivity contribution is 6.32. The molecule has 0 aliphatic heterocycles. The molecule has 0 spiro atoms. The lowest BCUT2D eigenvalue weighted by Crippen LogP contribution is -1.96. The predicted molar refractivity (Wildman–Crippen MR) is 79.3 cm³/mol. The summed E-state index contributed by atoms with van der Waals surface area (Å²) in [5.41, 5.74) is 0.993. The van der Waals surface area contributed by atoms with Crippen LogP contribution in [0.15, 0.2) is 48.5 Å². The Morgan fingerprint density at radius 2 is 1.68 bits per heavy atom. The van der Waals surface area contributed by atoms with Crippen molar-refractivity contribution in [1.82, 2.24) is 9.78 Å². The van der Waals surface area contributed by atoms with Gasteiger partial charge in [-0.1, -0.05) is 29.8 Å². The van der Waals surface area contributed by atoms with Gasteiger partial charge < -0.3 is 0 Å². The first-order valence-corrected chi connectivity index (χ1v) is 6.73. The third-order valence-corrected chi connectivity index (χ3v) is 3.48. The van der Waals surface area contributed by atoms with Crippen LogP contribution in [-0.4, -0.2) is 16.1 Å². The zero-order chi connectivity index (χ0) is 15.7. The summed E-state index contributed by atoms with van der Waals surface area (Å²) in [6, 6.07) is 11.9. The van der Waals surface area contributed by atoms with Gasteiger partial charge >= 0.3 is 0 Å². The summed E-state index contributed by atoms with van der Waals surface area (Å²) < 4.78 is 28.1. The molecule has 1 aromatic heterocycles. The average molecular weight is 319 g/mol. The Morgan fingerprint density at radius 1 is 1.05 bits per heavy atom. The van der Waals surface area contributed by atoms with Gasteiger partial charge in [-0.25, -0.2) is 13.5 Å². The van der Waals surface area contributed by atoms with Gasteiger partial charge in [-0.3, -0.25) is 4.79 Å². The van der Waals surface area contributed by atoms with Gasteiger partial charge in [-0.15, -0.1) is 0 Å². The molecule has 0 unspecified atom stereocenters. The Hall–Kier alpha value is -2.53. The van der Waals surface area contributed by atoms with Crippen LogP contribution in [0.4, 0.5) is 8.78 Å². The molecule has 0 aliphatic rings. The Kier molecular flexibility index (Phi) is 3.73. The number of aromatic nitrogens is 2. The van der Waals surface area contributed by atoms with Crippen molar-refractivity contribution in [2.24, 2.45) is 0 Å². The lowest BCUT2D eigenvalue weighted by Gasteiger charge is -2.01. The molecular weight excluding hydrogens is 310 g/mol. The second-order valence-corrected chi connectivity index (χ2v) is 4.93. The highest BCUT2D eigenvalue weighted by Gasteiger charge is 2.19. The number of carbonyl (C=O) groups is 1. The van der Waals surface area contributed by atoms with Crippen LogP contribution in [0.2, 0.25) is 5.15 Å². The summed E-state index contributed by atoms with van der Waals surface area (Å²) in [4.78, 5) is 11.3. The van der Waals surface area contributed by atoms with E-state index in [4.69, 9.17) is 11.6 Å². The van der Waals surface area contributed by atoms with Crippen LogP contribution >= 0.6 is 11.6 Å². The van der Waals surface area contributed by atoms with Crippen LogP contribution in [0.5, 0.6) is 0 Å². The summed E-state index contributed by atoms with van der Waals surface area (Å²) >= 11 is 6.18. The first-order valence-electron chi connectivity index (χ1n) is 6.35. The van der Waals surface area contributed by atoms with E-state index >= 15 is 0 Å². The monoisotopic (exact) mass is 318 g/mol. The summed E-state index contributed by atoms with van der Waals surface area (Å²) in [6.07, 6.45) is 0.521. The van der Waals surface area contributed by atoms with E-state index in [0.717, 1.165) is 18.2 Å². The molecule has 0 saturated heterocycles. The van der Waals surface area contributed by atoms with Crippen LogP contribution in [0.25, 0.3) is 16.9 Å². The quantitative estimate of drug-likeness (QED) is 0.675. The van der Waals surface area contributed by atoms with Gasteiger partial charge in [0, 0.05) is 11.6 Å². The van der Waals surface area contributed by atoms with E-state index in [0.29, 0.717) is 12.0 Å². The third kappa shape index (κ3) is 2.51. The molecule has 110 valence electrons. The fourth-order valence-electron chi connectivity index (χ4n) is 2.16. The smallest absolute Gasteiger partial charge is 0.155 e. The Bertz CT molecular complexity index is 827. The van der Waals surface area contributed by atoms with Crippen molar-refractivity contribution in [2.75, 3.05) is 0 Å². The van der Waals surface area contributed by atoms with Crippen molar-refractivity contribution in [3.05, 3.63) is 70.9 Å². The molecular formula is C16H9ClF2N2O. The topological polar surface area (TPSA) is 34.9 Å². The van der Waals surface area contributed by atoms with Gasteiger partial charge in [-0.05, 0) is 24.3 Å². The van der Waals surface area contributed by atoms with E-state index in [1.807, 2.05) is 6.07 Å². The van der Waals surface area contributed by atoms with Crippen LogP contribution in [-0.2, 0) is 0 Å². The van der Waals surface area contributed by atoms with Gasteiger partial charge in [0.05, 0.1) is 11.3 Å². The van der Waals surface area contributed by atoms with Crippen LogP contribution in [0.1, 0.15) is 10.4 Å². The second-order valence-electron chi connectivity index (χ2n) is 4.58. The maximum atomic E-state index is 13.4. The minimum Gasteiger partial charge on any atom is -0.298 e. The lowest BCUT2D eigenvalue weighted by atomic mass is 10.1. The van der Waals surface area contributed by atoms with Crippen LogP contribution in [0.3, 0.4) is 0 Å². The SMILES string of the molecule is O=Cc1c(-c2cc(F)cc(F)c2)nn(-c2ccccc2)c1Cl. The first kappa shape index (κ1) is 14.4. The molecule has 1 heterocycles. The predicted octanol–water partition coefficient (Wildman–Crippen LogP) is 4.28. The second kappa shape index (κ2) is 5.69. The number of aldehydes is 1. The summed E-state index contributed by atoms with van der Waals surface area (Å²) in [5.74, 6) is -1.51. The molecule has 3 rings (SSSR count). The number of rotatable bonds is 3. The normalized spacial score (nSPS) is 10.7. The highest BCUT2D eigenvalue weighted by Crippen LogP contribution is 2.30. The standard InChI is InChI=1S/C16H9ClF2N2O/c17-16-14(9-22)15(10-6-11(18)8-12(19)7-10)20-21(16)13-4-2-1-3-5-13/h1-9H. The number of nitrogens with zero attached hydrogens (tertiary/aromatic N) is 2. The molecule has 0 atom stereocenters. The van der Waals surface area contributed by atoms with Gasteiger partial charge in [0.1, 0.15) is 22.5 Å². The van der Waals surface area contributed by atoms with Crippen molar-refractivity contribution in [2.45, 2.75) is 0 Å². The van der Waals surface area contributed by atoms with E-state index in [1.54, 1.807) is 24.3 Å². The molecule has 3 aromatic rings. The minimum atomic E-state index is -0.753. The summed E-state index contributed by atoms with van der Waals surface area (Å²) in [7, 11) is 0. The maximum absolute atomic E-state index is 13.4. The first-order chi connectivity index (χ1) is 10.6. The number of hydrogen-bond acceptors (Lipinski definition) is 2. The molecule has 0 N–H and O–H groups in total. The van der Waals surface area contributed by atoms with E-state index in [-0.39, 0.29) is 22.0 Å². The fraction of sp³-hybridized carbons (Fsp3) is 0. The maximum Gasteiger partial charge on any atom is 0.155 e. The van der Waals surface area contributed by atoms with Gasteiger partial charge in [0.25, 0.3) is 0 Å². The van der Waals surface area contributed by atoms with E-state index < -0.39 is 11.6 Å². The highest BCUT2D eigenvalue weighted by atomic mass is 35.5.